The Morgan fingerprint density at radius 2 is 1.76 bits per heavy atom. The number of hydrogen-bond acceptors (Lipinski definition) is 4. The van der Waals surface area contributed by atoms with Crippen molar-refractivity contribution in [3.05, 3.63) is 42.5 Å². The smallest absolute Gasteiger partial charge is 0.191 e. The van der Waals surface area contributed by atoms with Gasteiger partial charge in [-0.25, -0.2) is 0 Å². The van der Waals surface area contributed by atoms with Crippen molar-refractivity contribution in [3.8, 4) is 0 Å². The Bertz CT molecular complexity index is 744. The first-order chi connectivity index (χ1) is 13.4. The molecule has 0 aliphatic heterocycles. The van der Waals surface area contributed by atoms with Crippen LogP contribution in [-0.2, 0) is 9.47 Å². The van der Waals surface area contributed by atoms with Gasteiger partial charge < -0.3 is 13.9 Å². The van der Waals surface area contributed by atoms with Crippen LogP contribution in [0.25, 0.3) is 0 Å². The van der Waals surface area contributed by atoms with Crippen molar-refractivity contribution in [2.75, 3.05) is 13.4 Å². The summed E-state index contributed by atoms with van der Waals surface area (Å²) in [6.07, 6.45) is 2.89. The van der Waals surface area contributed by atoms with E-state index in [-0.39, 0.29) is 30.2 Å². The van der Waals surface area contributed by atoms with Gasteiger partial charge in [-0.2, -0.15) is 0 Å². The summed E-state index contributed by atoms with van der Waals surface area (Å²) in [4.78, 5) is 12.9. The zero-order valence-electron chi connectivity index (χ0n) is 19.6. The Kier molecular flexibility index (Phi) is 10.8. The fraction of sp³-hybridized carbons (Fsp3) is 0.696. The summed E-state index contributed by atoms with van der Waals surface area (Å²) in [5, 5.41) is 0. The summed E-state index contributed by atoms with van der Waals surface area (Å²) >= 11 is 2.29. The average Bonchev–Trinajstić information content (AvgIpc) is 2.61. The summed E-state index contributed by atoms with van der Waals surface area (Å²) in [6, 6.07) is 1.12. The minimum Gasteiger partial charge on any atom is -0.464 e. The van der Waals surface area contributed by atoms with Crippen LogP contribution in [0.3, 0.4) is 0 Å². The van der Waals surface area contributed by atoms with E-state index in [1.54, 1.807) is 0 Å². The van der Waals surface area contributed by atoms with Gasteiger partial charge in [0.1, 0.15) is 18.3 Å². The summed E-state index contributed by atoms with van der Waals surface area (Å²) < 4.78 is 19.3. The van der Waals surface area contributed by atoms with Crippen LogP contribution >= 0.6 is 22.6 Å². The number of halogens is 1. The molecule has 0 amide bonds. The van der Waals surface area contributed by atoms with Gasteiger partial charge in [-0.15, -0.1) is 0 Å². The minimum absolute atomic E-state index is 0.0236. The molecule has 0 saturated heterocycles. The van der Waals surface area contributed by atoms with E-state index in [1.165, 1.54) is 3.58 Å². The molecule has 166 valence electrons. The van der Waals surface area contributed by atoms with Crippen LogP contribution in [-0.4, -0.2) is 27.6 Å². The zero-order chi connectivity index (χ0) is 22.4. The molecular weight excluding hydrogens is 495 g/mol. The van der Waals surface area contributed by atoms with Crippen LogP contribution in [0.1, 0.15) is 68.6 Å². The maximum atomic E-state index is 12.9. The van der Waals surface area contributed by atoms with Crippen molar-refractivity contribution >= 4 is 30.7 Å². The number of allylic oxidation sites excluding steroid dienone is 2. The molecule has 1 aromatic rings. The first kappa shape index (κ1) is 26.6. The molecule has 0 fully saturated rings. The number of rotatable bonds is 11. The molecule has 0 aliphatic rings. The second-order valence-electron chi connectivity index (χ2n) is 9.19. The van der Waals surface area contributed by atoms with E-state index >= 15 is 0 Å². The van der Waals surface area contributed by atoms with E-state index in [9.17, 15) is 4.79 Å². The Labute approximate surface area is 191 Å². The maximum Gasteiger partial charge on any atom is 0.191 e. The Morgan fingerprint density at radius 3 is 2.28 bits per heavy atom. The van der Waals surface area contributed by atoms with Gasteiger partial charge in [0, 0.05) is 37.6 Å². The molecule has 0 bridgehead atoms. The highest BCUT2D eigenvalue weighted by molar-refractivity contribution is 14.1. The molecule has 0 unspecified atom stereocenters. The Morgan fingerprint density at radius 1 is 1.17 bits per heavy atom. The molecule has 0 spiro atoms. The predicted molar refractivity (Wildman–Crippen MR) is 133 cm³/mol. The quantitative estimate of drug-likeness (QED) is 0.134. The van der Waals surface area contributed by atoms with Crippen molar-refractivity contribution in [3.63, 3.8) is 0 Å². The van der Waals surface area contributed by atoms with E-state index in [4.69, 9.17) is 13.9 Å². The van der Waals surface area contributed by atoms with Gasteiger partial charge in [0.05, 0.1) is 6.10 Å². The summed E-state index contributed by atoms with van der Waals surface area (Å²) in [5.41, 5.74) is 1.45. The fourth-order valence-electron chi connectivity index (χ4n) is 3.42. The summed E-state index contributed by atoms with van der Waals surface area (Å²) in [5.74, 6) is 1.51. The molecule has 4 nitrogen and oxygen atoms in total. The van der Waals surface area contributed by atoms with Crippen molar-refractivity contribution in [2.24, 2.45) is 0 Å². The molecular formula is C23H39IO4Si. The van der Waals surface area contributed by atoms with Crippen molar-refractivity contribution in [1.29, 1.82) is 0 Å². The van der Waals surface area contributed by atoms with Crippen molar-refractivity contribution in [1.82, 2.24) is 0 Å². The average molecular weight is 535 g/mol. The molecule has 1 rings (SSSR count). The third-order valence-corrected chi connectivity index (χ3v) is 7.33. The molecule has 3 atom stereocenters. The largest absolute Gasteiger partial charge is 0.464 e. The third kappa shape index (κ3) is 8.30. The van der Waals surface area contributed by atoms with Gasteiger partial charge in [-0.05, 0) is 59.4 Å². The van der Waals surface area contributed by atoms with Gasteiger partial charge in [0.15, 0.2) is 5.43 Å². The van der Waals surface area contributed by atoms with Gasteiger partial charge in [0.25, 0.3) is 0 Å². The normalized spacial score (nSPS) is 16.0. The van der Waals surface area contributed by atoms with Crippen molar-refractivity contribution in [2.45, 2.75) is 91.6 Å². The van der Waals surface area contributed by atoms with E-state index in [0.29, 0.717) is 11.1 Å². The van der Waals surface area contributed by atoms with Crippen LogP contribution in [0.5, 0.6) is 0 Å². The predicted octanol–water partition coefficient (Wildman–Crippen LogP) is 6.91. The molecule has 0 aromatic carbocycles. The minimum atomic E-state index is -1.10. The molecule has 29 heavy (non-hydrogen) atoms. The van der Waals surface area contributed by atoms with Gasteiger partial charge in [0.2, 0.25) is 0 Å². The van der Waals surface area contributed by atoms with Crippen LogP contribution in [0, 0.1) is 13.8 Å². The SMILES string of the molecule is CC[C@H](OCOCC[Si](C)(C)C)[C@H](C)c1oc([C@H](C)/C=C(\C)I)c(C)c(=O)c1C. The van der Waals surface area contributed by atoms with E-state index in [2.05, 4.69) is 69.1 Å². The molecule has 0 N–H and O–H groups in total. The lowest BCUT2D eigenvalue weighted by Crippen LogP contribution is -2.26. The zero-order valence-corrected chi connectivity index (χ0v) is 22.8. The van der Waals surface area contributed by atoms with Crippen LogP contribution in [0.2, 0.25) is 25.7 Å². The lowest BCUT2D eigenvalue weighted by molar-refractivity contribution is -0.0950. The Hall–Kier alpha value is -0.443. The lowest BCUT2D eigenvalue weighted by Gasteiger charge is -2.25. The van der Waals surface area contributed by atoms with Gasteiger partial charge >= 0.3 is 0 Å². The van der Waals surface area contributed by atoms with Gasteiger partial charge in [-0.3, -0.25) is 4.79 Å². The van der Waals surface area contributed by atoms with E-state index in [1.807, 2.05) is 20.8 Å². The molecule has 0 aliphatic carbocycles. The summed E-state index contributed by atoms with van der Waals surface area (Å²) in [7, 11) is -1.10. The highest BCUT2D eigenvalue weighted by Gasteiger charge is 2.26. The maximum absolute atomic E-state index is 12.9. The lowest BCUT2D eigenvalue weighted by atomic mass is 9.94. The number of ether oxygens (including phenoxy) is 2. The highest BCUT2D eigenvalue weighted by atomic mass is 127. The van der Waals surface area contributed by atoms with E-state index < -0.39 is 8.07 Å². The topological polar surface area (TPSA) is 48.7 Å². The standard InChI is InChI=1S/C23H39IO4Si/c1-10-20(27-14-26-11-12-29(7,8)9)17(4)23-19(6)21(25)18(5)22(28-23)15(2)13-16(3)24/h13,15,17,20H,10-12,14H2,1-9H3/b16-13+/t15-,17+,20+/m1/s1. The third-order valence-electron chi connectivity index (χ3n) is 5.27. The van der Waals surface area contributed by atoms with Crippen LogP contribution < -0.4 is 5.43 Å². The number of hydrogen-bond donors (Lipinski definition) is 0. The molecule has 0 radical (unpaired) electrons. The first-order valence-corrected chi connectivity index (χ1v) is 15.3. The fourth-order valence-corrected chi connectivity index (χ4v) is 4.72. The molecule has 1 heterocycles. The first-order valence-electron chi connectivity index (χ1n) is 10.6. The second-order valence-corrected chi connectivity index (χ2v) is 16.5. The van der Waals surface area contributed by atoms with Crippen molar-refractivity contribution < 1.29 is 13.9 Å². The Balaban J connectivity index is 3.00. The molecule has 1 aromatic heterocycles. The highest BCUT2D eigenvalue weighted by Crippen LogP contribution is 2.30. The monoisotopic (exact) mass is 534 g/mol. The van der Waals surface area contributed by atoms with Crippen LogP contribution in [0.4, 0.5) is 0 Å². The molecule has 6 heteroatoms. The van der Waals surface area contributed by atoms with Gasteiger partial charge in [-0.1, -0.05) is 46.5 Å². The van der Waals surface area contributed by atoms with E-state index in [0.717, 1.165) is 30.6 Å². The summed E-state index contributed by atoms with van der Waals surface area (Å²) in [6.45, 7) is 20.0. The van der Waals surface area contributed by atoms with Crippen LogP contribution in [0.15, 0.2) is 18.9 Å². The second kappa shape index (κ2) is 11.8. The molecule has 0 saturated carbocycles.